The summed E-state index contributed by atoms with van der Waals surface area (Å²) >= 11 is 13.0. The third-order valence-electron chi connectivity index (χ3n) is 6.97. The topological polar surface area (TPSA) is 24.8 Å². The normalized spacial score (nSPS) is 37.1. The highest BCUT2D eigenvalue weighted by molar-refractivity contribution is 6.42. The molecule has 1 spiro atoms. The van der Waals surface area contributed by atoms with E-state index in [1.54, 1.807) is 0 Å². The van der Waals surface area contributed by atoms with Gasteiger partial charge in [0.15, 0.2) is 0 Å². The molecule has 4 unspecified atom stereocenters. The molecular weight excluding hydrogens is 355 g/mol. The van der Waals surface area contributed by atoms with Crippen LogP contribution in [0.5, 0.6) is 0 Å². The molecule has 2 heterocycles. The van der Waals surface area contributed by atoms with Gasteiger partial charge >= 0.3 is 0 Å². The second-order valence-corrected chi connectivity index (χ2v) is 8.79. The highest BCUT2D eigenvalue weighted by Gasteiger charge is 2.60. The average Bonchev–Trinajstić information content (AvgIpc) is 3.34. The maximum Gasteiger partial charge on any atom is 0.0998 e. The molecule has 134 valence electrons. The van der Waals surface area contributed by atoms with Gasteiger partial charge in [-0.3, -0.25) is 4.99 Å². The highest BCUT2D eigenvalue weighted by Crippen LogP contribution is 2.64. The molecule has 5 rings (SSSR count). The molecule has 0 amide bonds. The van der Waals surface area contributed by atoms with Crippen LogP contribution in [0, 0.1) is 11.8 Å². The van der Waals surface area contributed by atoms with E-state index in [0.717, 1.165) is 44.2 Å². The van der Waals surface area contributed by atoms with Crippen molar-refractivity contribution in [2.24, 2.45) is 16.8 Å². The smallest absolute Gasteiger partial charge is 0.0998 e. The summed E-state index contributed by atoms with van der Waals surface area (Å²) in [6.07, 6.45) is 6.18. The van der Waals surface area contributed by atoms with Gasteiger partial charge in [0.2, 0.25) is 0 Å². The quantitative estimate of drug-likeness (QED) is 0.702. The number of nitrogens with zero attached hydrogens (tertiary/aromatic N) is 2. The molecule has 2 aliphatic heterocycles. The molecular formula is C20H24Cl2N2O. The van der Waals surface area contributed by atoms with Gasteiger partial charge in [0.25, 0.3) is 0 Å². The summed E-state index contributed by atoms with van der Waals surface area (Å²) in [4.78, 5) is 7.88. The molecule has 4 atom stereocenters. The Hall–Kier alpha value is -0.770. The predicted octanol–water partition coefficient (Wildman–Crippen LogP) is 4.77. The molecule has 1 aromatic carbocycles. The number of ether oxygens (including phenoxy) is 1. The largest absolute Gasteiger partial charge is 0.378 e. The number of amidine groups is 1. The molecule has 0 N–H and O–H groups in total. The third-order valence-corrected chi connectivity index (χ3v) is 7.80. The van der Waals surface area contributed by atoms with E-state index in [1.165, 1.54) is 30.7 Å². The van der Waals surface area contributed by atoms with E-state index in [9.17, 15) is 0 Å². The summed E-state index contributed by atoms with van der Waals surface area (Å²) in [5, 5.41) is 1.42. The molecule has 2 saturated carbocycles. The third kappa shape index (κ3) is 2.46. The van der Waals surface area contributed by atoms with Crippen molar-refractivity contribution < 1.29 is 4.74 Å². The molecule has 3 fully saturated rings. The Morgan fingerprint density at radius 2 is 2.00 bits per heavy atom. The van der Waals surface area contributed by atoms with Gasteiger partial charge in [0.1, 0.15) is 0 Å². The van der Waals surface area contributed by atoms with Crippen molar-refractivity contribution in [1.29, 1.82) is 0 Å². The van der Waals surface area contributed by atoms with Crippen LogP contribution in [0.4, 0.5) is 0 Å². The number of hydrogen-bond donors (Lipinski definition) is 0. The fourth-order valence-electron chi connectivity index (χ4n) is 5.95. The Morgan fingerprint density at radius 3 is 2.84 bits per heavy atom. The standard InChI is InChI=1S/C20H24Cl2N2O/c21-16-3-1-2-15(19(16)22)18-13-4-5-14(12-13)20(18)7-6-17(23-20)24-8-10-25-11-9-24/h1-3,13-14,18H,4-12H2. The molecule has 5 heteroatoms. The molecule has 1 saturated heterocycles. The molecule has 0 radical (unpaired) electrons. The van der Waals surface area contributed by atoms with Crippen molar-refractivity contribution in [3.05, 3.63) is 33.8 Å². The SMILES string of the molecule is Clc1cccc(C2C3CCC(C3)C23CCC(N2CCOCC2)=N3)c1Cl. The van der Waals surface area contributed by atoms with E-state index in [4.69, 9.17) is 32.9 Å². The van der Waals surface area contributed by atoms with Gasteiger partial charge in [-0.25, -0.2) is 0 Å². The van der Waals surface area contributed by atoms with Gasteiger partial charge in [-0.15, -0.1) is 0 Å². The van der Waals surface area contributed by atoms with Crippen LogP contribution >= 0.6 is 23.2 Å². The number of hydrogen-bond acceptors (Lipinski definition) is 3. The molecule has 4 aliphatic rings. The number of fused-ring (bicyclic) bond motifs is 3. The van der Waals surface area contributed by atoms with Crippen molar-refractivity contribution >= 4 is 29.0 Å². The van der Waals surface area contributed by atoms with Gasteiger partial charge in [-0.1, -0.05) is 35.3 Å². The predicted molar refractivity (Wildman–Crippen MR) is 102 cm³/mol. The number of aliphatic imine (C=N–C) groups is 1. The summed E-state index contributed by atoms with van der Waals surface area (Å²) in [6, 6.07) is 6.12. The van der Waals surface area contributed by atoms with Crippen LogP contribution in [-0.2, 0) is 4.74 Å². The van der Waals surface area contributed by atoms with Crippen molar-refractivity contribution in [3.63, 3.8) is 0 Å². The van der Waals surface area contributed by atoms with Gasteiger partial charge in [-0.2, -0.15) is 0 Å². The first-order valence-electron chi connectivity index (χ1n) is 9.54. The second kappa shape index (κ2) is 6.14. The van der Waals surface area contributed by atoms with E-state index >= 15 is 0 Å². The zero-order chi connectivity index (χ0) is 17.0. The van der Waals surface area contributed by atoms with Crippen LogP contribution in [-0.4, -0.2) is 42.6 Å². The lowest BCUT2D eigenvalue weighted by Crippen LogP contribution is -2.41. The zero-order valence-electron chi connectivity index (χ0n) is 14.4. The van der Waals surface area contributed by atoms with Crippen LogP contribution in [0.1, 0.15) is 43.6 Å². The first kappa shape index (κ1) is 16.4. The molecule has 3 nitrogen and oxygen atoms in total. The van der Waals surface area contributed by atoms with Gasteiger partial charge in [-0.05, 0) is 49.1 Å². The van der Waals surface area contributed by atoms with E-state index in [1.807, 2.05) is 12.1 Å². The summed E-state index contributed by atoms with van der Waals surface area (Å²) in [5.74, 6) is 3.14. The molecule has 2 aliphatic carbocycles. The van der Waals surface area contributed by atoms with Crippen LogP contribution in [0.3, 0.4) is 0 Å². The number of benzene rings is 1. The molecule has 25 heavy (non-hydrogen) atoms. The second-order valence-electron chi connectivity index (χ2n) is 8.01. The van der Waals surface area contributed by atoms with Crippen LogP contribution in [0.15, 0.2) is 23.2 Å². The Morgan fingerprint density at radius 1 is 1.16 bits per heavy atom. The van der Waals surface area contributed by atoms with Gasteiger partial charge in [0.05, 0.1) is 34.6 Å². The lowest BCUT2D eigenvalue weighted by Gasteiger charge is -2.39. The summed E-state index contributed by atoms with van der Waals surface area (Å²) < 4.78 is 5.52. The minimum absolute atomic E-state index is 0.0465. The molecule has 0 aromatic heterocycles. The molecule has 2 bridgehead atoms. The van der Waals surface area contributed by atoms with Crippen LogP contribution < -0.4 is 0 Å². The highest BCUT2D eigenvalue weighted by atomic mass is 35.5. The lowest BCUT2D eigenvalue weighted by atomic mass is 9.69. The van der Waals surface area contributed by atoms with Crippen molar-refractivity contribution in [2.75, 3.05) is 26.3 Å². The number of rotatable bonds is 1. The first-order valence-corrected chi connectivity index (χ1v) is 10.3. The Labute approximate surface area is 159 Å². The fourth-order valence-corrected chi connectivity index (χ4v) is 6.38. The van der Waals surface area contributed by atoms with Crippen molar-refractivity contribution in [3.8, 4) is 0 Å². The maximum atomic E-state index is 6.65. The van der Waals surface area contributed by atoms with E-state index in [2.05, 4.69) is 11.0 Å². The van der Waals surface area contributed by atoms with Crippen molar-refractivity contribution in [1.82, 2.24) is 4.90 Å². The summed E-state index contributed by atoms with van der Waals surface area (Å²) in [7, 11) is 0. The molecule has 1 aromatic rings. The van der Waals surface area contributed by atoms with Crippen LogP contribution in [0.25, 0.3) is 0 Å². The minimum Gasteiger partial charge on any atom is -0.378 e. The van der Waals surface area contributed by atoms with E-state index < -0.39 is 0 Å². The Bertz CT molecular complexity index is 716. The Kier molecular flexibility index (Phi) is 4.03. The monoisotopic (exact) mass is 378 g/mol. The van der Waals surface area contributed by atoms with Gasteiger partial charge < -0.3 is 9.64 Å². The first-order chi connectivity index (χ1) is 12.2. The minimum atomic E-state index is 0.0465. The van der Waals surface area contributed by atoms with Crippen LogP contribution in [0.2, 0.25) is 10.0 Å². The fraction of sp³-hybridized carbons (Fsp3) is 0.650. The van der Waals surface area contributed by atoms with Gasteiger partial charge in [0, 0.05) is 25.4 Å². The van der Waals surface area contributed by atoms with E-state index in [-0.39, 0.29) is 5.54 Å². The average molecular weight is 379 g/mol. The van der Waals surface area contributed by atoms with E-state index in [0.29, 0.717) is 22.8 Å². The number of morpholine rings is 1. The van der Waals surface area contributed by atoms with Crippen molar-refractivity contribution in [2.45, 2.75) is 43.6 Å². The Balaban J connectivity index is 1.55. The number of halogens is 2. The zero-order valence-corrected chi connectivity index (χ0v) is 15.9. The maximum absolute atomic E-state index is 6.65. The lowest BCUT2D eigenvalue weighted by molar-refractivity contribution is 0.0674. The summed E-state index contributed by atoms with van der Waals surface area (Å²) in [5.41, 5.74) is 1.28. The summed E-state index contributed by atoms with van der Waals surface area (Å²) in [6.45, 7) is 3.60.